The van der Waals surface area contributed by atoms with E-state index in [-0.39, 0.29) is 0 Å². The Hall–Kier alpha value is -1.56. The van der Waals surface area contributed by atoms with E-state index in [0.717, 1.165) is 18.9 Å². The lowest BCUT2D eigenvalue weighted by atomic mass is 10.1. The van der Waals surface area contributed by atoms with Gasteiger partial charge >= 0.3 is 0 Å². The monoisotopic (exact) mass is 251 g/mol. The SMILES string of the molecule is CNc1ncnc(NCC2CCN(C)C2)c1OC. The number of methoxy groups -OCH3 is 1. The fourth-order valence-electron chi connectivity index (χ4n) is 2.31. The molecular weight excluding hydrogens is 230 g/mol. The minimum Gasteiger partial charge on any atom is -0.490 e. The van der Waals surface area contributed by atoms with Gasteiger partial charge in [-0.2, -0.15) is 0 Å². The molecule has 6 heteroatoms. The van der Waals surface area contributed by atoms with Crippen LogP contribution in [0.4, 0.5) is 11.6 Å². The molecule has 2 rings (SSSR count). The maximum atomic E-state index is 5.34. The summed E-state index contributed by atoms with van der Waals surface area (Å²) >= 11 is 0. The number of rotatable bonds is 5. The number of anilines is 2. The summed E-state index contributed by atoms with van der Waals surface area (Å²) in [5.41, 5.74) is 0. The van der Waals surface area contributed by atoms with Crippen LogP contribution in [0, 0.1) is 5.92 Å². The minimum atomic E-state index is 0.673. The normalized spacial score (nSPS) is 19.8. The third-order valence-electron chi connectivity index (χ3n) is 3.29. The highest BCUT2D eigenvalue weighted by atomic mass is 16.5. The van der Waals surface area contributed by atoms with Crippen molar-refractivity contribution in [1.29, 1.82) is 0 Å². The van der Waals surface area contributed by atoms with Crippen molar-refractivity contribution in [3.8, 4) is 5.75 Å². The molecule has 0 bridgehead atoms. The Balaban J connectivity index is 2.00. The summed E-state index contributed by atoms with van der Waals surface area (Å²) in [5.74, 6) is 2.81. The van der Waals surface area contributed by atoms with E-state index in [1.165, 1.54) is 19.3 Å². The van der Waals surface area contributed by atoms with Gasteiger partial charge in [0, 0.05) is 20.1 Å². The molecule has 0 aromatic carbocycles. The molecule has 0 radical (unpaired) electrons. The molecule has 1 aromatic heterocycles. The third-order valence-corrected chi connectivity index (χ3v) is 3.29. The van der Waals surface area contributed by atoms with Gasteiger partial charge in [-0.3, -0.25) is 0 Å². The summed E-state index contributed by atoms with van der Waals surface area (Å²) in [6.45, 7) is 3.23. The summed E-state index contributed by atoms with van der Waals surface area (Å²) in [5, 5.41) is 6.36. The Labute approximate surface area is 108 Å². The predicted octanol–water partition coefficient (Wildman–Crippen LogP) is 0.890. The van der Waals surface area contributed by atoms with E-state index in [2.05, 4.69) is 32.5 Å². The van der Waals surface area contributed by atoms with E-state index < -0.39 is 0 Å². The second kappa shape index (κ2) is 5.86. The molecule has 0 aliphatic carbocycles. The van der Waals surface area contributed by atoms with Crippen LogP contribution in [0.2, 0.25) is 0 Å². The van der Waals surface area contributed by atoms with Crippen molar-refractivity contribution in [2.24, 2.45) is 5.92 Å². The van der Waals surface area contributed by atoms with Gasteiger partial charge in [-0.1, -0.05) is 0 Å². The van der Waals surface area contributed by atoms with E-state index >= 15 is 0 Å². The molecule has 1 atom stereocenters. The zero-order valence-corrected chi connectivity index (χ0v) is 11.2. The quantitative estimate of drug-likeness (QED) is 0.810. The Morgan fingerprint density at radius 3 is 2.83 bits per heavy atom. The third kappa shape index (κ3) is 2.81. The van der Waals surface area contributed by atoms with E-state index in [0.29, 0.717) is 17.5 Å². The van der Waals surface area contributed by atoms with Gasteiger partial charge in [-0.05, 0) is 25.9 Å². The van der Waals surface area contributed by atoms with E-state index in [4.69, 9.17) is 4.74 Å². The highest BCUT2D eigenvalue weighted by molar-refractivity contribution is 5.63. The van der Waals surface area contributed by atoms with Crippen LogP contribution in [0.1, 0.15) is 6.42 Å². The maximum absolute atomic E-state index is 5.34. The van der Waals surface area contributed by atoms with Gasteiger partial charge in [-0.15, -0.1) is 0 Å². The van der Waals surface area contributed by atoms with Crippen molar-refractivity contribution >= 4 is 11.6 Å². The number of hydrogen-bond acceptors (Lipinski definition) is 6. The first-order chi connectivity index (χ1) is 8.74. The second-order valence-corrected chi connectivity index (χ2v) is 4.65. The summed E-state index contributed by atoms with van der Waals surface area (Å²) in [7, 11) is 5.61. The van der Waals surface area contributed by atoms with Crippen molar-refractivity contribution in [2.75, 3.05) is 51.5 Å². The van der Waals surface area contributed by atoms with Crippen molar-refractivity contribution in [3.63, 3.8) is 0 Å². The molecule has 2 N–H and O–H groups in total. The standard InChI is InChI=1S/C12H21N5O/c1-13-11-10(18-3)12(16-8-15-11)14-6-9-4-5-17(2)7-9/h8-9H,4-7H2,1-3H3,(H2,13,14,15,16). The van der Waals surface area contributed by atoms with Gasteiger partial charge < -0.3 is 20.3 Å². The number of aromatic nitrogens is 2. The Morgan fingerprint density at radius 1 is 1.44 bits per heavy atom. The van der Waals surface area contributed by atoms with Crippen LogP contribution in [0.5, 0.6) is 5.75 Å². The molecule has 0 amide bonds. The highest BCUT2D eigenvalue weighted by Gasteiger charge is 2.20. The van der Waals surface area contributed by atoms with E-state index in [1.54, 1.807) is 7.11 Å². The molecule has 1 unspecified atom stereocenters. The van der Waals surface area contributed by atoms with Crippen molar-refractivity contribution < 1.29 is 4.74 Å². The number of likely N-dealkylation sites (tertiary alicyclic amines) is 1. The first-order valence-electron chi connectivity index (χ1n) is 6.23. The molecule has 1 saturated heterocycles. The number of ether oxygens (including phenoxy) is 1. The van der Waals surface area contributed by atoms with E-state index in [9.17, 15) is 0 Å². The molecule has 1 aromatic rings. The van der Waals surface area contributed by atoms with Crippen molar-refractivity contribution in [1.82, 2.24) is 14.9 Å². The molecule has 1 aliphatic rings. The fourth-order valence-corrected chi connectivity index (χ4v) is 2.31. The summed E-state index contributed by atoms with van der Waals surface area (Å²) in [6, 6.07) is 0. The van der Waals surface area contributed by atoms with Gasteiger partial charge in [0.05, 0.1) is 7.11 Å². The second-order valence-electron chi connectivity index (χ2n) is 4.65. The van der Waals surface area contributed by atoms with Gasteiger partial charge in [-0.25, -0.2) is 9.97 Å². The fraction of sp³-hybridized carbons (Fsp3) is 0.667. The lowest BCUT2D eigenvalue weighted by molar-refractivity contribution is 0.398. The highest BCUT2D eigenvalue weighted by Crippen LogP contribution is 2.28. The lowest BCUT2D eigenvalue weighted by Crippen LogP contribution is -2.20. The smallest absolute Gasteiger partial charge is 0.204 e. The van der Waals surface area contributed by atoms with Crippen LogP contribution in [0.25, 0.3) is 0 Å². The van der Waals surface area contributed by atoms with Gasteiger partial charge in [0.25, 0.3) is 0 Å². The average molecular weight is 251 g/mol. The molecule has 2 heterocycles. The van der Waals surface area contributed by atoms with Crippen molar-refractivity contribution in [3.05, 3.63) is 6.33 Å². The summed E-state index contributed by atoms with van der Waals surface area (Å²) in [4.78, 5) is 10.7. The largest absolute Gasteiger partial charge is 0.490 e. The molecule has 100 valence electrons. The molecule has 6 nitrogen and oxygen atoms in total. The van der Waals surface area contributed by atoms with Crippen LogP contribution < -0.4 is 15.4 Å². The van der Waals surface area contributed by atoms with Crippen LogP contribution in [0.15, 0.2) is 6.33 Å². The van der Waals surface area contributed by atoms with Crippen LogP contribution in [-0.4, -0.2) is 55.7 Å². The minimum absolute atomic E-state index is 0.673. The van der Waals surface area contributed by atoms with Crippen LogP contribution in [-0.2, 0) is 0 Å². The van der Waals surface area contributed by atoms with Gasteiger partial charge in [0.2, 0.25) is 5.75 Å². The average Bonchev–Trinajstić information content (AvgIpc) is 2.81. The zero-order valence-electron chi connectivity index (χ0n) is 11.2. The van der Waals surface area contributed by atoms with E-state index in [1.807, 2.05) is 7.05 Å². The Morgan fingerprint density at radius 2 is 2.22 bits per heavy atom. The molecule has 0 spiro atoms. The maximum Gasteiger partial charge on any atom is 0.204 e. The number of nitrogens with zero attached hydrogens (tertiary/aromatic N) is 3. The first-order valence-corrected chi connectivity index (χ1v) is 6.23. The summed E-state index contributed by atoms with van der Waals surface area (Å²) < 4.78 is 5.34. The molecule has 1 aliphatic heterocycles. The topological polar surface area (TPSA) is 62.3 Å². The number of hydrogen-bond donors (Lipinski definition) is 2. The van der Waals surface area contributed by atoms with Gasteiger partial charge in [0.15, 0.2) is 11.6 Å². The van der Waals surface area contributed by atoms with Crippen molar-refractivity contribution in [2.45, 2.75) is 6.42 Å². The number of nitrogens with one attached hydrogen (secondary N) is 2. The Kier molecular flexibility index (Phi) is 4.19. The van der Waals surface area contributed by atoms with Crippen LogP contribution >= 0.6 is 0 Å². The Bertz CT molecular complexity index is 398. The molecule has 0 saturated carbocycles. The summed E-state index contributed by atoms with van der Waals surface area (Å²) in [6.07, 6.45) is 2.77. The zero-order chi connectivity index (χ0) is 13.0. The molecular formula is C12H21N5O. The predicted molar refractivity (Wildman–Crippen MR) is 72.2 cm³/mol. The lowest BCUT2D eigenvalue weighted by Gasteiger charge is -2.15. The molecule has 1 fully saturated rings. The first kappa shape index (κ1) is 12.9. The van der Waals surface area contributed by atoms with Gasteiger partial charge in [0.1, 0.15) is 6.33 Å². The molecule has 18 heavy (non-hydrogen) atoms. The van der Waals surface area contributed by atoms with Crippen LogP contribution in [0.3, 0.4) is 0 Å².